The number of imidazole rings is 1. The fraction of sp³-hybridized carbons (Fsp3) is 0.375. The van der Waals surface area contributed by atoms with Crippen LogP contribution in [0.15, 0.2) is 48.5 Å². The van der Waals surface area contributed by atoms with E-state index in [-0.39, 0.29) is 24.9 Å². The first-order valence-electron chi connectivity index (χ1n) is 10.8. The van der Waals surface area contributed by atoms with Gasteiger partial charge in [-0.05, 0) is 43.2 Å². The van der Waals surface area contributed by atoms with Crippen LogP contribution in [0.1, 0.15) is 41.9 Å². The van der Waals surface area contributed by atoms with Crippen molar-refractivity contribution in [1.82, 2.24) is 19.8 Å². The summed E-state index contributed by atoms with van der Waals surface area (Å²) in [5, 5.41) is 2.93. The van der Waals surface area contributed by atoms with Crippen molar-refractivity contribution in [2.75, 3.05) is 20.2 Å². The minimum atomic E-state index is -0.212. The average molecular weight is 421 g/mol. The molecule has 31 heavy (non-hydrogen) atoms. The molecule has 0 aliphatic carbocycles. The van der Waals surface area contributed by atoms with Crippen LogP contribution in [0.2, 0.25) is 0 Å². The number of hydrogen-bond donors (Lipinski definition) is 1. The molecule has 1 N–H and O–H groups in total. The Morgan fingerprint density at radius 1 is 1.03 bits per heavy atom. The summed E-state index contributed by atoms with van der Waals surface area (Å²) >= 11 is 0. The molecule has 0 radical (unpaired) electrons. The largest absolute Gasteiger partial charge is 0.497 e. The van der Waals surface area contributed by atoms with Crippen LogP contribution in [-0.4, -0.2) is 46.5 Å². The molecular formula is C24H28N4O3. The molecule has 162 valence electrons. The lowest BCUT2D eigenvalue weighted by Gasteiger charge is -2.21. The molecule has 2 amide bonds. The summed E-state index contributed by atoms with van der Waals surface area (Å²) < 4.78 is 7.12. The predicted molar refractivity (Wildman–Crippen MR) is 119 cm³/mol. The fourth-order valence-electron chi connectivity index (χ4n) is 4.02. The molecule has 1 aliphatic heterocycles. The Morgan fingerprint density at radius 3 is 2.58 bits per heavy atom. The van der Waals surface area contributed by atoms with Crippen LogP contribution >= 0.6 is 0 Å². The maximum atomic E-state index is 13.0. The number of ether oxygens (including phenoxy) is 1. The number of aromatic nitrogens is 2. The number of likely N-dealkylation sites (tertiary alicyclic amines) is 1. The standard InChI is InChI=1S/C24H28N4O3/c1-31-19-10-8-9-18(15-19)24(30)25-16-22-26-20-11-4-5-12-21(20)28(22)17-23(29)27-13-6-2-3-7-14-27/h4-5,8-12,15H,2-3,6-7,13-14,16-17H2,1H3,(H,25,30). The van der Waals surface area contributed by atoms with Crippen molar-refractivity contribution in [2.45, 2.75) is 38.8 Å². The number of rotatable bonds is 6. The van der Waals surface area contributed by atoms with E-state index < -0.39 is 0 Å². The number of amides is 2. The lowest BCUT2D eigenvalue weighted by Crippen LogP contribution is -2.35. The molecule has 1 aromatic heterocycles. The van der Waals surface area contributed by atoms with E-state index in [2.05, 4.69) is 10.3 Å². The van der Waals surface area contributed by atoms with Gasteiger partial charge in [0.1, 0.15) is 18.1 Å². The van der Waals surface area contributed by atoms with E-state index in [9.17, 15) is 9.59 Å². The molecule has 1 aliphatic rings. The van der Waals surface area contributed by atoms with Crippen LogP contribution in [0, 0.1) is 0 Å². The highest BCUT2D eigenvalue weighted by molar-refractivity contribution is 5.94. The molecule has 7 nitrogen and oxygen atoms in total. The average Bonchev–Trinajstić information content (AvgIpc) is 2.96. The zero-order valence-corrected chi connectivity index (χ0v) is 17.8. The molecule has 0 saturated carbocycles. The summed E-state index contributed by atoms with van der Waals surface area (Å²) in [4.78, 5) is 32.3. The SMILES string of the molecule is COc1cccc(C(=O)NCc2nc3ccccc3n2CC(=O)N2CCCCCC2)c1. The first-order valence-corrected chi connectivity index (χ1v) is 10.8. The van der Waals surface area contributed by atoms with Gasteiger partial charge in [-0.3, -0.25) is 9.59 Å². The molecule has 1 saturated heterocycles. The number of carbonyl (C=O) groups is 2. The van der Waals surface area contributed by atoms with Crippen molar-refractivity contribution in [2.24, 2.45) is 0 Å². The van der Waals surface area contributed by atoms with Crippen molar-refractivity contribution in [3.8, 4) is 5.75 Å². The van der Waals surface area contributed by atoms with Crippen LogP contribution in [0.5, 0.6) is 5.75 Å². The number of carbonyl (C=O) groups excluding carboxylic acids is 2. The molecule has 0 unspecified atom stereocenters. The summed E-state index contributed by atoms with van der Waals surface area (Å²) in [7, 11) is 1.57. The highest BCUT2D eigenvalue weighted by atomic mass is 16.5. The Labute approximate surface area is 182 Å². The van der Waals surface area contributed by atoms with Gasteiger partial charge in [-0.25, -0.2) is 4.98 Å². The molecule has 4 rings (SSSR count). The second-order valence-corrected chi connectivity index (χ2v) is 7.81. The third-order valence-electron chi connectivity index (χ3n) is 5.72. The number of fused-ring (bicyclic) bond motifs is 1. The Hall–Kier alpha value is -3.35. The Bertz CT molecular complexity index is 1070. The van der Waals surface area contributed by atoms with Gasteiger partial charge in [-0.1, -0.05) is 31.0 Å². The molecule has 1 fully saturated rings. The van der Waals surface area contributed by atoms with Crippen LogP contribution in [0.25, 0.3) is 11.0 Å². The first-order chi connectivity index (χ1) is 15.2. The second kappa shape index (κ2) is 9.64. The van der Waals surface area contributed by atoms with E-state index in [1.807, 2.05) is 33.7 Å². The zero-order valence-electron chi connectivity index (χ0n) is 17.8. The maximum Gasteiger partial charge on any atom is 0.251 e. The summed E-state index contributed by atoms with van der Waals surface area (Å²) in [5.41, 5.74) is 2.23. The van der Waals surface area contributed by atoms with Crippen molar-refractivity contribution < 1.29 is 14.3 Å². The summed E-state index contributed by atoms with van der Waals surface area (Å²) in [5.74, 6) is 1.19. The van der Waals surface area contributed by atoms with Crippen molar-refractivity contribution in [3.63, 3.8) is 0 Å². The molecule has 0 spiro atoms. The zero-order chi connectivity index (χ0) is 21.6. The van der Waals surface area contributed by atoms with E-state index in [0.717, 1.165) is 37.0 Å². The van der Waals surface area contributed by atoms with Crippen LogP contribution in [-0.2, 0) is 17.9 Å². The molecule has 2 aromatic carbocycles. The summed E-state index contributed by atoms with van der Waals surface area (Å²) in [6.45, 7) is 2.09. The van der Waals surface area contributed by atoms with Crippen molar-refractivity contribution in [1.29, 1.82) is 0 Å². The number of benzene rings is 2. The monoisotopic (exact) mass is 420 g/mol. The number of nitrogens with one attached hydrogen (secondary N) is 1. The van der Waals surface area contributed by atoms with Crippen molar-refractivity contribution in [3.05, 3.63) is 59.9 Å². The Kier molecular flexibility index (Phi) is 6.50. The highest BCUT2D eigenvalue weighted by Gasteiger charge is 2.20. The summed E-state index contributed by atoms with van der Waals surface area (Å²) in [6.07, 6.45) is 4.47. The molecule has 3 aromatic rings. The molecular weight excluding hydrogens is 392 g/mol. The lowest BCUT2D eigenvalue weighted by atomic mass is 10.2. The van der Waals surface area contributed by atoms with Gasteiger partial charge in [0.25, 0.3) is 5.91 Å². The van der Waals surface area contributed by atoms with Crippen molar-refractivity contribution >= 4 is 22.8 Å². The van der Waals surface area contributed by atoms with Gasteiger partial charge in [0, 0.05) is 18.7 Å². The van der Waals surface area contributed by atoms with Gasteiger partial charge in [0.05, 0.1) is 24.7 Å². The van der Waals surface area contributed by atoms with Crippen LogP contribution in [0.3, 0.4) is 0 Å². The Morgan fingerprint density at radius 2 is 1.81 bits per heavy atom. The quantitative estimate of drug-likeness (QED) is 0.663. The summed E-state index contributed by atoms with van der Waals surface area (Å²) in [6, 6.07) is 14.8. The predicted octanol–water partition coefficient (Wildman–Crippen LogP) is 3.38. The van der Waals surface area contributed by atoms with E-state index in [0.29, 0.717) is 17.1 Å². The normalized spacial score (nSPS) is 14.3. The minimum Gasteiger partial charge on any atom is -0.497 e. The number of para-hydroxylation sites is 2. The Balaban J connectivity index is 1.53. The van der Waals surface area contributed by atoms with Gasteiger partial charge in [0.15, 0.2) is 0 Å². The minimum absolute atomic E-state index is 0.102. The molecule has 7 heteroatoms. The molecule has 2 heterocycles. The van der Waals surface area contributed by atoms with Gasteiger partial charge in [-0.2, -0.15) is 0 Å². The number of nitrogens with zero attached hydrogens (tertiary/aromatic N) is 3. The topological polar surface area (TPSA) is 76.5 Å². The lowest BCUT2D eigenvalue weighted by molar-refractivity contribution is -0.131. The van der Waals surface area contributed by atoms with E-state index in [1.165, 1.54) is 12.8 Å². The van der Waals surface area contributed by atoms with Gasteiger partial charge < -0.3 is 19.5 Å². The number of hydrogen-bond acceptors (Lipinski definition) is 4. The van der Waals surface area contributed by atoms with E-state index in [4.69, 9.17) is 4.74 Å². The smallest absolute Gasteiger partial charge is 0.251 e. The van der Waals surface area contributed by atoms with E-state index in [1.54, 1.807) is 31.4 Å². The van der Waals surface area contributed by atoms with Gasteiger partial charge in [-0.15, -0.1) is 0 Å². The molecule has 0 atom stereocenters. The second-order valence-electron chi connectivity index (χ2n) is 7.81. The van der Waals surface area contributed by atoms with Crippen LogP contribution in [0.4, 0.5) is 0 Å². The third-order valence-corrected chi connectivity index (χ3v) is 5.72. The number of methoxy groups -OCH3 is 1. The molecule has 0 bridgehead atoms. The highest BCUT2D eigenvalue weighted by Crippen LogP contribution is 2.18. The van der Waals surface area contributed by atoms with E-state index >= 15 is 0 Å². The van der Waals surface area contributed by atoms with Crippen LogP contribution < -0.4 is 10.1 Å². The fourth-order valence-corrected chi connectivity index (χ4v) is 4.02. The first kappa shape index (κ1) is 20.9. The van der Waals surface area contributed by atoms with Gasteiger partial charge >= 0.3 is 0 Å². The third kappa shape index (κ3) is 4.87. The van der Waals surface area contributed by atoms with Gasteiger partial charge in [0.2, 0.25) is 5.91 Å². The maximum absolute atomic E-state index is 13.0.